The van der Waals surface area contributed by atoms with E-state index in [4.69, 9.17) is 11.6 Å². The number of alkyl halides is 1. The zero-order chi connectivity index (χ0) is 11.3. The average molecular weight is 231 g/mol. The van der Waals surface area contributed by atoms with E-state index in [0.717, 1.165) is 0 Å². The van der Waals surface area contributed by atoms with Gasteiger partial charge in [-0.25, -0.2) is 8.78 Å². The van der Waals surface area contributed by atoms with Gasteiger partial charge >= 0.3 is 0 Å². The topological polar surface area (TPSA) is 0 Å². The van der Waals surface area contributed by atoms with Gasteiger partial charge in [-0.1, -0.05) is 13.8 Å². The van der Waals surface area contributed by atoms with Crippen LogP contribution in [0.4, 0.5) is 8.78 Å². The Morgan fingerprint density at radius 1 is 1.20 bits per heavy atom. The van der Waals surface area contributed by atoms with Crippen LogP contribution in [0, 0.1) is 24.5 Å². The summed E-state index contributed by atoms with van der Waals surface area (Å²) in [5, 5.41) is -0.413. The Bertz CT molecular complexity index is 415. The lowest BCUT2D eigenvalue weighted by Gasteiger charge is -2.11. The molecule has 2 rings (SSSR count). The monoisotopic (exact) mass is 230 g/mol. The van der Waals surface area contributed by atoms with E-state index in [1.165, 1.54) is 6.07 Å². The van der Waals surface area contributed by atoms with Crippen molar-refractivity contribution < 1.29 is 8.78 Å². The summed E-state index contributed by atoms with van der Waals surface area (Å²) >= 11 is 6.13. The van der Waals surface area contributed by atoms with Crippen molar-refractivity contribution in [3.8, 4) is 0 Å². The minimum atomic E-state index is -0.413. The molecule has 0 saturated carbocycles. The number of benzene rings is 1. The fourth-order valence-corrected chi connectivity index (χ4v) is 2.73. The Morgan fingerprint density at radius 3 is 2.40 bits per heavy atom. The summed E-state index contributed by atoms with van der Waals surface area (Å²) in [6.45, 7) is 5.39. The zero-order valence-corrected chi connectivity index (χ0v) is 9.70. The molecule has 1 aromatic carbocycles. The molecular formula is C12H13ClF2. The van der Waals surface area contributed by atoms with Gasteiger partial charge in [0.05, 0.1) is 5.38 Å². The highest BCUT2D eigenvalue weighted by molar-refractivity contribution is 6.21. The maximum absolute atomic E-state index is 13.8. The smallest absolute Gasteiger partial charge is 0.131 e. The van der Waals surface area contributed by atoms with Crippen LogP contribution in [0.15, 0.2) is 6.07 Å². The van der Waals surface area contributed by atoms with Gasteiger partial charge in [0, 0.05) is 5.56 Å². The molecule has 1 aromatic rings. The van der Waals surface area contributed by atoms with Gasteiger partial charge in [0.25, 0.3) is 0 Å². The first kappa shape index (κ1) is 10.9. The predicted octanol–water partition coefficient (Wildman–Crippen LogP) is 4.31. The lowest BCUT2D eigenvalue weighted by molar-refractivity contribution is 0.500. The first-order chi connectivity index (χ1) is 6.95. The fourth-order valence-electron chi connectivity index (χ4n) is 2.30. The van der Waals surface area contributed by atoms with E-state index in [1.54, 1.807) is 6.92 Å². The Hall–Kier alpha value is -0.630. The van der Waals surface area contributed by atoms with Crippen LogP contribution in [0.5, 0.6) is 0 Å². The molecule has 0 amide bonds. The second-order valence-corrected chi connectivity index (χ2v) is 4.84. The molecule has 0 heterocycles. The first-order valence-corrected chi connectivity index (χ1v) is 5.51. The van der Waals surface area contributed by atoms with Crippen molar-refractivity contribution in [1.82, 2.24) is 0 Å². The largest absolute Gasteiger partial charge is 0.207 e. The van der Waals surface area contributed by atoms with Gasteiger partial charge in [0.2, 0.25) is 0 Å². The van der Waals surface area contributed by atoms with Crippen molar-refractivity contribution in [3.05, 3.63) is 34.4 Å². The number of aryl methyl sites for hydroxylation is 1. The Kier molecular flexibility index (Phi) is 2.50. The van der Waals surface area contributed by atoms with Crippen molar-refractivity contribution in [2.45, 2.75) is 32.1 Å². The minimum absolute atomic E-state index is 0.0161. The molecule has 0 aromatic heterocycles. The summed E-state index contributed by atoms with van der Waals surface area (Å²) < 4.78 is 27.5. The number of hydrogen-bond acceptors (Lipinski definition) is 0. The van der Waals surface area contributed by atoms with Crippen LogP contribution in [-0.2, 0) is 0 Å². The van der Waals surface area contributed by atoms with E-state index < -0.39 is 5.38 Å². The quantitative estimate of drug-likeness (QED) is 0.583. The molecular weight excluding hydrogens is 218 g/mol. The molecule has 3 unspecified atom stereocenters. The number of hydrogen-bond donors (Lipinski definition) is 0. The highest BCUT2D eigenvalue weighted by Gasteiger charge is 2.39. The molecule has 0 N–H and O–H groups in total. The van der Waals surface area contributed by atoms with Crippen LogP contribution in [0.1, 0.15) is 41.8 Å². The third-order valence-corrected chi connectivity index (χ3v) is 4.07. The molecule has 0 nitrogen and oxygen atoms in total. The van der Waals surface area contributed by atoms with E-state index >= 15 is 0 Å². The third-order valence-electron chi connectivity index (χ3n) is 3.45. The van der Waals surface area contributed by atoms with Crippen LogP contribution >= 0.6 is 11.6 Å². The van der Waals surface area contributed by atoms with Gasteiger partial charge in [-0.05, 0) is 36.0 Å². The lowest BCUT2D eigenvalue weighted by Crippen LogP contribution is -2.01. The number of fused-ring (bicyclic) bond motifs is 1. The van der Waals surface area contributed by atoms with Crippen molar-refractivity contribution in [2.75, 3.05) is 0 Å². The zero-order valence-electron chi connectivity index (χ0n) is 8.94. The normalized spacial score (nSPS) is 29.3. The highest BCUT2D eigenvalue weighted by atomic mass is 35.5. The van der Waals surface area contributed by atoms with Crippen molar-refractivity contribution in [3.63, 3.8) is 0 Å². The van der Waals surface area contributed by atoms with Crippen LogP contribution < -0.4 is 0 Å². The van der Waals surface area contributed by atoms with Gasteiger partial charge in [0.15, 0.2) is 0 Å². The van der Waals surface area contributed by atoms with Gasteiger partial charge in [-0.2, -0.15) is 0 Å². The van der Waals surface area contributed by atoms with Crippen molar-refractivity contribution in [1.29, 1.82) is 0 Å². The van der Waals surface area contributed by atoms with Gasteiger partial charge < -0.3 is 0 Å². The molecule has 82 valence electrons. The second kappa shape index (κ2) is 3.44. The first-order valence-electron chi connectivity index (χ1n) is 5.07. The molecule has 3 atom stereocenters. The molecule has 0 aliphatic heterocycles. The maximum atomic E-state index is 13.8. The summed E-state index contributed by atoms with van der Waals surface area (Å²) in [5.41, 5.74) is 1.16. The predicted molar refractivity (Wildman–Crippen MR) is 57.3 cm³/mol. The van der Waals surface area contributed by atoms with E-state index in [0.29, 0.717) is 16.7 Å². The second-order valence-electron chi connectivity index (χ2n) is 4.37. The van der Waals surface area contributed by atoms with Gasteiger partial charge in [-0.3, -0.25) is 0 Å². The summed E-state index contributed by atoms with van der Waals surface area (Å²) in [6, 6.07) is 1.26. The average Bonchev–Trinajstić information content (AvgIpc) is 2.40. The Morgan fingerprint density at radius 2 is 1.80 bits per heavy atom. The highest BCUT2D eigenvalue weighted by Crippen LogP contribution is 2.50. The van der Waals surface area contributed by atoms with E-state index in [9.17, 15) is 8.78 Å². The Labute approximate surface area is 93.2 Å². The van der Waals surface area contributed by atoms with Gasteiger partial charge in [-0.15, -0.1) is 11.6 Å². The molecule has 3 heteroatoms. The summed E-state index contributed by atoms with van der Waals surface area (Å²) in [7, 11) is 0. The molecule has 0 bridgehead atoms. The SMILES string of the molecule is Cc1cc(F)c2c(c1F)C(Cl)C(C)C2C. The van der Waals surface area contributed by atoms with Crippen LogP contribution in [-0.4, -0.2) is 0 Å². The van der Waals surface area contributed by atoms with E-state index in [2.05, 4.69) is 0 Å². The third kappa shape index (κ3) is 1.38. The summed E-state index contributed by atoms with van der Waals surface area (Å²) in [4.78, 5) is 0. The molecule has 0 spiro atoms. The van der Waals surface area contributed by atoms with Gasteiger partial charge in [0.1, 0.15) is 11.6 Å². The van der Waals surface area contributed by atoms with E-state index in [1.807, 2.05) is 13.8 Å². The lowest BCUT2D eigenvalue weighted by atomic mass is 9.96. The van der Waals surface area contributed by atoms with Crippen LogP contribution in [0.3, 0.4) is 0 Å². The standard InChI is InChI=1S/C12H13ClF2/c1-5-4-8(14)9-6(2)7(3)11(13)10(9)12(5)15/h4,6-7,11H,1-3H3. The minimum Gasteiger partial charge on any atom is -0.207 e. The number of halogens is 3. The Balaban J connectivity index is 2.73. The molecule has 0 saturated heterocycles. The fraction of sp³-hybridized carbons (Fsp3) is 0.500. The van der Waals surface area contributed by atoms with Crippen LogP contribution in [0.2, 0.25) is 0 Å². The summed E-state index contributed by atoms with van der Waals surface area (Å²) in [6.07, 6.45) is 0. The van der Waals surface area contributed by atoms with Crippen molar-refractivity contribution in [2.24, 2.45) is 5.92 Å². The molecule has 15 heavy (non-hydrogen) atoms. The van der Waals surface area contributed by atoms with Crippen LogP contribution in [0.25, 0.3) is 0 Å². The molecule has 0 fully saturated rings. The summed E-state index contributed by atoms with van der Waals surface area (Å²) in [5.74, 6) is -0.612. The maximum Gasteiger partial charge on any atom is 0.131 e. The molecule has 1 aliphatic rings. The molecule has 1 aliphatic carbocycles. The van der Waals surface area contributed by atoms with E-state index in [-0.39, 0.29) is 23.5 Å². The number of rotatable bonds is 0. The molecule has 0 radical (unpaired) electrons. The van der Waals surface area contributed by atoms with Crippen molar-refractivity contribution >= 4 is 11.6 Å².